The zero-order valence-corrected chi connectivity index (χ0v) is 10.5. The Morgan fingerprint density at radius 2 is 1.76 bits per heavy atom. The fourth-order valence-electron chi connectivity index (χ4n) is 1.56. The predicted octanol–water partition coefficient (Wildman–Crippen LogP) is 2.03. The van der Waals surface area contributed by atoms with Crippen LogP contribution in [0.4, 0.5) is 4.79 Å². The molecule has 0 unspecified atom stereocenters. The molecule has 94 valence electrons. The fraction of sp³-hybridized carbons (Fsp3) is 0.462. The third kappa shape index (κ3) is 5.24. The molecule has 0 radical (unpaired) electrons. The van der Waals surface area contributed by atoms with Gasteiger partial charge in [-0.05, 0) is 44.9 Å². The van der Waals surface area contributed by atoms with E-state index in [1.54, 1.807) is 12.1 Å². The molecule has 0 fully saturated rings. The number of phenolic OH excluding ortho intramolecular Hbond substituents is 1. The van der Waals surface area contributed by atoms with Crippen molar-refractivity contribution in [3.05, 3.63) is 29.8 Å². The van der Waals surface area contributed by atoms with Crippen LogP contribution in [0.15, 0.2) is 24.3 Å². The third-order valence-electron chi connectivity index (χ3n) is 2.28. The minimum atomic E-state index is -0.147. The minimum absolute atomic E-state index is 0.0540. The summed E-state index contributed by atoms with van der Waals surface area (Å²) >= 11 is 0. The number of amides is 2. The molecule has 0 bridgehead atoms. The number of phenols is 1. The average molecular weight is 236 g/mol. The van der Waals surface area contributed by atoms with Crippen LogP contribution in [-0.2, 0) is 6.42 Å². The van der Waals surface area contributed by atoms with Gasteiger partial charge < -0.3 is 15.7 Å². The smallest absolute Gasteiger partial charge is 0.315 e. The summed E-state index contributed by atoms with van der Waals surface area (Å²) < 4.78 is 0. The first kappa shape index (κ1) is 13.4. The van der Waals surface area contributed by atoms with Crippen LogP contribution < -0.4 is 10.6 Å². The predicted molar refractivity (Wildman–Crippen MR) is 68.1 cm³/mol. The van der Waals surface area contributed by atoms with E-state index in [4.69, 9.17) is 5.11 Å². The Bertz CT molecular complexity index is 360. The zero-order chi connectivity index (χ0) is 12.8. The molecule has 0 aliphatic heterocycles. The van der Waals surface area contributed by atoms with E-state index in [2.05, 4.69) is 10.6 Å². The molecule has 0 heterocycles. The summed E-state index contributed by atoms with van der Waals surface area (Å²) in [6.45, 7) is 5.79. The maximum Gasteiger partial charge on any atom is 0.315 e. The van der Waals surface area contributed by atoms with Gasteiger partial charge in [0.15, 0.2) is 0 Å². The molecule has 0 aliphatic carbocycles. The lowest BCUT2D eigenvalue weighted by molar-refractivity contribution is 0.235. The molecule has 2 amide bonds. The third-order valence-corrected chi connectivity index (χ3v) is 2.28. The van der Waals surface area contributed by atoms with Crippen molar-refractivity contribution in [1.82, 2.24) is 10.6 Å². The first-order valence-electron chi connectivity index (χ1n) is 5.82. The molecule has 1 aromatic carbocycles. The van der Waals surface area contributed by atoms with Crippen molar-refractivity contribution in [1.29, 1.82) is 0 Å². The van der Waals surface area contributed by atoms with Gasteiger partial charge in [0, 0.05) is 12.1 Å². The van der Waals surface area contributed by atoms with Gasteiger partial charge in [0.2, 0.25) is 0 Å². The molecular weight excluding hydrogens is 216 g/mol. The van der Waals surface area contributed by atoms with E-state index in [9.17, 15) is 4.79 Å². The van der Waals surface area contributed by atoms with Crippen molar-refractivity contribution in [2.24, 2.45) is 0 Å². The molecule has 0 aromatic heterocycles. The topological polar surface area (TPSA) is 61.4 Å². The van der Waals surface area contributed by atoms with Crippen LogP contribution in [0.25, 0.3) is 0 Å². The van der Waals surface area contributed by atoms with E-state index < -0.39 is 0 Å². The van der Waals surface area contributed by atoms with Gasteiger partial charge in [0.05, 0.1) is 0 Å². The van der Waals surface area contributed by atoms with E-state index in [1.807, 2.05) is 32.9 Å². The van der Waals surface area contributed by atoms with Gasteiger partial charge in [0.1, 0.15) is 5.75 Å². The number of hydrogen-bond acceptors (Lipinski definition) is 2. The van der Waals surface area contributed by atoms with Crippen molar-refractivity contribution >= 4 is 6.03 Å². The van der Waals surface area contributed by atoms with E-state index in [1.165, 1.54) is 0 Å². The molecule has 17 heavy (non-hydrogen) atoms. The molecule has 4 nitrogen and oxygen atoms in total. The van der Waals surface area contributed by atoms with E-state index in [-0.39, 0.29) is 23.9 Å². The number of nitrogens with one attached hydrogen (secondary N) is 2. The summed E-state index contributed by atoms with van der Waals surface area (Å²) in [5.74, 6) is 0.256. The van der Waals surface area contributed by atoms with Crippen molar-refractivity contribution < 1.29 is 9.90 Å². The van der Waals surface area contributed by atoms with Gasteiger partial charge in [-0.15, -0.1) is 0 Å². The Labute approximate surface area is 102 Å². The largest absolute Gasteiger partial charge is 0.508 e. The van der Waals surface area contributed by atoms with Crippen molar-refractivity contribution in [3.8, 4) is 5.75 Å². The Hall–Kier alpha value is -1.71. The quantitative estimate of drug-likeness (QED) is 0.749. The second-order valence-corrected chi connectivity index (χ2v) is 4.54. The van der Waals surface area contributed by atoms with Gasteiger partial charge in [-0.25, -0.2) is 4.79 Å². The molecule has 0 spiro atoms. The van der Waals surface area contributed by atoms with Crippen LogP contribution in [0.1, 0.15) is 26.3 Å². The van der Waals surface area contributed by atoms with Gasteiger partial charge in [-0.1, -0.05) is 12.1 Å². The lowest BCUT2D eigenvalue weighted by Crippen LogP contribution is -2.44. The van der Waals surface area contributed by atoms with Crippen molar-refractivity contribution in [3.63, 3.8) is 0 Å². The number of urea groups is 1. The Kier molecular flexibility index (Phi) is 4.82. The standard InChI is InChI=1S/C13H20N2O2/c1-9(2)14-13(17)15-10(3)8-11-4-6-12(16)7-5-11/h4-7,9-10,16H,8H2,1-3H3,(H2,14,15,17)/t10-/m1/s1. The summed E-state index contributed by atoms with van der Waals surface area (Å²) in [5, 5.41) is 14.8. The summed E-state index contributed by atoms with van der Waals surface area (Å²) in [4.78, 5) is 11.4. The zero-order valence-electron chi connectivity index (χ0n) is 10.5. The molecule has 3 N–H and O–H groups in total. The number of rotatable bonds is 4. The highest BCUT2D eigenvalue weighted by atomic mass is 16.3. The summed E-state index contributed by atoms with van der Waals surface area (Å²) in [5.41, 5.74) is 1.08. The molecule has 1 aromatic rings. The van der Waals surface area contributed by atoms with Crippen molar-refractivity contribution in [2.45, 2.75) is 39.3 Å². The molecule has 0 aliphatic rings. The monoisotopic (exact) mass is 236 g/mol. The number of aromatic hydroxyl groups is 1. The molecular formula is C13H20N2O2. The lowest BCUT2D eigenvalue weighted by atomic mass is 10.1. The normalized spacial score (nSPS) is 12.2. The fourth-order valence-corrected chi connectivity index (χ4v) is 1.56. The summed E-state index contributed by atoms with van der Waals surface area (Å²) in [6, 6.07) is 7.05. The van der Waals surface area contributed by atoms with Crippen LogP contribution in [0.5, 0.6) is 5.75 Å². The number of hydrogen-bond donors (Lipinski definition) is 3. The first-order valence-corrected chi connectivity index (χ1v) is 5.82. The Morgan fingerprint density at radius 1 is 1.18 bits per heavy atom. The number of carbonyl (C=O) groups is 1. The van der Waals surface area contributed by atoms with Crippen LogP contribution in [-0.4, -0.2) is 23.2 Å². The first-order chi connectivity index (χ1) is 7.97. The summed E-state index contributed by atoms with van der Waals surface area (Å²) in [6.07, 6.45) is 0.742. The van der Waals surface area contributed by atoms with Gasteiger partial charge in [-0.2, -0.15) is 0 Å². The van der Waals surface area contributed by atoms with Gasteiger partial charge in [-0.3, -0.25) is 0 Å². The maximum absolute atomic E-state index is 11.4. The Morgan fingerprint density at radius 3 is 2.29 bits per heavy atom. The van der Waals surface area contributed by atoms with Gasteiger partial charge in [0.25, 0.3) is 0 Å². The molecule has 1 atom stereocenters. The summed E-state index contributed by atoms with van der Waals surface area (Å²) in [7, 11) is 0. The number of benzene rings is 1. The molecule has 1 rings (SSSR count). The SMILES string of the molecule is CC(C)NC(=O)N[C@H](C)Cc1ccc(O)cc1. The van der Waals surface area contributed by atoms with Gasteiger partial charge >= 0.3 is 6.03 Å². The van der Waals surface area contributed by atoms with E-state index >= 15 is 0 Å². The van der Waals surface area contributed by atoms with Crippen LogP contribution in [0.2, 0.25) is 0 Å². The molecule has 4 heteroatoms. The second-order valence-electron chi connectivity index (χ2n) is 4.54. The average Bonchev–Trinajstić information content (AvgIpc) is 2.19. The molecule has 0 saturated carbocycles. The lowest BCUT2D eigenvalue weighted by Gasteiger charge is -2.16. The van der Waals surface area contributed by atoms with Crippen LogP contribution >= 0.6 is 0 Å². The highest BCUT2D eigenvalue weighted by Gasteiger charge is 2.08. The van der Waals surface area contributed by atoms with E-state index in [0.717, 1.165) is 12.0 Å². The second kappa shape index (κ2) is 6.13. The van der Waals surface area contributed by atoms with Crippen molar-refractivity contribution in [2.75, 3.05) is 0 Å². The maximum atomic E-state index is 11.4. The minimum Gasteiger partial charge on any atom is -0.508 e. The highest BCUT2D eigenvalue weighted by Crippen LogP contribution is 2.11. The van der Waals surface area contributed by atoms with Crippen LogP contribution in [0.3, 0.4) is 0 Å². The van der Waals surface area contributed by atoms with E-state index in [0.29, 0.717) is 0 Å². The molecule has 0 saturated heterocycles. The van der Waals surface area contributed by atoms with Crippen LogP contribution in [0, 0.1) is 0 Å². The number of carbonyl (C=O) groups excluding carboxylic acids is 1. The highest BCUT2D eigenvalue weighted by molar-refractivity contribution is 5.74. The Balaban J connectivity index is 2.41.